The molecule has 1 aliphatic carbocycles. The van der Waals surface area contributed by atoms with Gasteiger partial charge in [-0.2, -0.15) is 0 Å². The maximum atomic E-state index is 11.3. The highest BCUT2D eigenvalue weighted by Crippen LogP contribution is 2.38. The van der Waals surface area contributed by atoms with Crippen LogP contribution in [0, 0.1) is 17.8 Å². The van der Waals surface area contributed by atoms with E-state index in [9.17, 15) is 9.90 Å². The van der Waals surface area contributed by atoms with Gasteiger partial charge >= 0.3 is 5.97 Å². The van der Waals surface area contributed by atoms with Crippen molar-refractivity contribution < 1.29 is 19.4 Å². The van der Waals surface area contributed by atoms with Crippen LogP contribution in [0.25, 0.3) is 0 Å². The Balaban J connectivity index is 2.27. The number of carboxylic acid groups (broad SMARTS) is 1. The lowest BCUT2D eigenvalue weighted by atomic mass is 9.71. The Bertz CT molecular complexity index is 255. The van der Waals surface area contributed by atoms with Gasteiger partial charge in [-0.3, -0.25) is 4.79 Å². The quantitative estimate of drug-likeness (QED) is 0.656. The van der Waals surface area contributed by atoms with E-state index in [0.29, 0.717) is 25.7 Å². The minimum atomic E-state index is -0.611. The number of aliphatic carboxylic acids is 1. The second-order valence-corrected chi connectivity index (χ2v) is 5.54. The van der Waals surface area contributed by atoms with Gasteiger partial charge in [0.1, 0.15) is 0 Å². The van der Waals surface area contributed by atoms with Gasteiger partial charge in [0.25, 0.3) is 0 Å². The summed E-state index contributed by atoms with van der Waals surface area (Å²) in [5, 5.41) is 9.29. The number of carbonyl (C=O) groups is 1. The van der Waals surface area contributed by atoms with Gasteiger partial charge in [0.05, 0.1) is 19.1 Å². The Morgan fingerprint density at radius 1 is 1.26 bits per heavy atom. The molecule has 0 aromatic carbocycles. The number of hydrogen-bond acceptors (Lipinski definition) is 3. The SMILES string of the molecule is CCC1CCC(C(=O)O)C(CCCOCCOC)C1. The molecule has 0 saturated heterocycles. The highest BCUT2D eigenvalue weighted by atomic mass is 16.5. The van der Waals surface area contributed by atoms with Crippen molar-refractivity contribution in [2.45, 2.75) is 45.4 Å². The molecule has 1 aliphatic rings. The Hall–Kier alpha value is -0.610. The molecule has 0 aliphatic heterocycles. The molecule has 0 bridgehead atoms. The van der Waals surface area contributed by atoms with Gasteiger partial charge in [-0.25, -0.2) is 0 Å². The summed E-state index contributed by atoms with van der Waals surface area (Å²) in [7, 11) is 1.66. The van der Waals surface area contributed by atoms with E-state index in [1.165, 1.54) is 6.42 Å². The normalized spacial score (nSPS) is 27.4. The van der Waals surface area contributed by atoms with E-state index in [4.69, 9.17) is 9.47 Å². The Morgan fingerprint density at radius 2 is 2.05 bits per heavy atom. The molecule has 3 atom stereocenters. The lowest BCUT2D eigenvalue weighted by Crippen LogP contribution is -2.30. The van der Waals surface area contributed by atoms with E-state index in [1.54, 1.807) is 7.11 Å². The molecule has 1 N–H and O–H groups in total. The maximum Gasteiger partial charge on any atom is 0.306 e. The zero-order valence-corrected chi connectivity index (χ0v) is 12.3. The van der Waals surface area contributed by atoms with Gasteiger partial charge < -0.3 is 14.6 Å². The fourth-order valence-electron chi connectivity index (χ4n) is 3.07. The summed E-state index contributed by atoms with van der Waals surface area (Å²) >= 11 is 0. The van der Waals surface area contributed by atoms with Crippen LogP contribution in [0.1, 0.15) is 45.4 Å². The van der Waals surface area contributed by atoms with E-state index in [0.717, 1.165) is 38.0 Å². The average Bonchev–Trinajstić information content (AvgIpc) is 2.42. The molecule has 1 saturated carbocycles. The first-order valence-corrected chi connectivity index (χ1v) is 7.48. The third-order valence-electron chi connectivity index (χ3n) is 4.28. The number of carboxylic acids is 1. The smallest absolute Gasteiger partial charge is 0.306 e. The summed E-state index contributed by atoms with van der Waals surface area (Å²) in [4.78, 5) is 11.3. The summed E-state index contributed by atoms with van der Waals surface area (Å²) in [5.41, 5.74) is 0. The second-order valence-electron chi connectivity index (χ2n) is 5.54. The number of ether oxygens (including phenoxy) is 2. The van der Waals surface area contributed by atoms with Crippen LogP contribution in [0.5, 0.6) is 0 Å². The highest BCUT2D eigenvalue weighted by molar-refractivity contribution is 5.70. The van der Waals surface area contributed by atoms with Crippen molar-refractivity contribution in [2.24, 2.45) is 17.8 Å². The molecule has 0 heterocycles. The molecule has 0 spiro atoms. The van der Waals surface area contributed by atoms with E-state index < -0.39 is 5.97 Å². The Kier molecular flexibility index (Phi) is 8.07. The first-order chi connectivity index (χ1) is 9.19. The van der Waals surface area contributed by atoms with E-state index in [1.807, 2.05) is 0 Å². The van der Waals surface area contributed by atoms with Crippen molar-refractivity contribution in [3.8, 4) is 0 Å². The summed E-state index contributed by atoms with van der Waals surface area (Å²) in [5.74, 6) is 0.305. The summed E-state index contributed by atoms with van der Waals surface area (Å²) in [6.45, 7) is 4.17. The van der Waals surface area contributed by atoms with Crippen molar-refractivity contribution in [2.75, 3.05) is 26.9 Å². The minimum Gasteiger partial charge on any atom is -0.481 e. The van der Waals surface area contributed by atoms with Crippen LogP contribution >= 0.6 is 0 Å². The molecule has 3 unspecified atom stereocenters. The molecular formula is C15H28O4. The Morgan fingerprint density at radius 3 is 2.68 bits per heavy atom. The molecule has 0 amide bonds. The third-order valence-corrected chi connectivity index (χ3v) is 4.28. The molecule has 112 valence electrons. The molecule has 0 aromatic heterocycles. The first-order valence-electron chi connectivity index (χ1n) is 7.48. The van der Waals surface area contributed by atoms with Gasteiger partial charge in [-0.15, -0.1) is 0 Å². The molecule has 4 heteroatoms. The van der Waals surface area contributed by atoms with Crippen LogP contribution < -0.4 is 0 Å². The zero-order valence-electron chi connectivity index (χ0n) is 12.3. The van der Waals surface area contributed by atoms with Crippen molar-refractivity contribution in [3.63, 3.8) is 0 Å². The standard InChI is InChI=1S/C15H28O4/c1-3-12-6-7-14(15(16)17)13(11-12)5-4-8-19-10-9-18-2/h12-14H,3-11H2,1-2H3,(H,16,17). The van der Waals surface area contributed by atoms with Crippen molar-refractivity contribution >= 4 is 5.97 Å². The van der Waals surface area contributed by atoms with Gasteiger partial charge in [-0.1, -0.05) is 13.3 Å². The predicted octanol–water partition coefficient (Wildman–Crippen LogP) is 2.96. The van der Waals surface area contributed by atoms with E-state index >= 15 is 0 Å². The van der Waals surface area contributed by atoms with Gasteiger partial charge in [0, 0.05) is 13.7 Å². The van der Waals surface area contributed by atoms with E-state index in [2.05, 4.69) is 6.92 Å². The zero-order chi connectivity index (χ0) is 14.1. The highest BCUT2D eigenvalue weighted by Gasteiger charge is 2.33. The maximum absolute atomic E-state index is 11.3. The number of hydrogen-bond donors (Lipinski definition) is 1. The molecule has 0 radical (unpaired) electrons. The summed E-state index contributed by atoms with van der Waals surface area (Å²) in [6, 6.07) is 0. The van der Waals surface area contributed by atoms with Crippen LogP contribution in [0.4, 0.5) is 0 Å². The molecule has 19 heavy (non-hydrogen) atoms. The predicted molar refractivity (Wildman–Crippen MR) is 74.2 cm³/mol. The third kappa shape index (κ3) is 5.91. The largest absolute Gasteiger partial charge is 0.481 e. The fourth-order valence-corrected chi connectivity index (χ4v) is 3.07. The lowest BCUT2D eigenvalue weighted by molar-refractivity contribution is -0.145. The van der Waals surface area contributed by atoms with Crippen molar-refractivity contribution in [1.82, 2.24) is 0 Å². The van der Waals surface area contributed by atoms with Crippen molar-refractivity contribution in [3.05, 3.63) is 0 Å². The second kappa shape index (κ2) is 9.32. The van der Waals surface area contributed by atoms with Crippen LogP contribution in [0.2, 0.25) is 0 Å². The average molecular weight is 272 g/mol. The summed E-state index contributed by atoms with van der Waals surface area (Å²) < 4.78 is 10.4. The molecule has 4 nitrogen and oxygen atoms in total. The first kappa shape index (κ1) is 16.4. The van der Waals surface area contributed by atoms with Gasteiger partial charge in [0.15, 0.2) is 0 Å². The molecular weight excluding hydrogens is 244 g/mol. The van der Waals surface area contributed by atoms with Crippen molar-refractivity contribution in [1.29, 1.82) is 0 Å². The Labute approximate surface area is 116 Å². The number of rotatable bonds is 9. The minimum absolute atomic E-state index is 0.137. The topological polar surface area (TPSA) is 55.8 Å². The monoisotopic (exact) mass is 272 g/mol. The van der Waals surface area contributed by atoms with E-state index in [-0.39, 0.29) is 5.92 Å². The van der Waals surface area contributed by atoms with Gasteiger partial charge in [-0.05, 0) is 43.9 Å². The molecule has 1 fully saturated rings. The van der Waals surface area contributed by atoms with Crippen LogP contribution in [-0.2, 0) is 14.3 Å². The van der Waals surface area contributed by atoms with Gasteiger partial charge in [0.2, 0.25) is 0 Å². The van der Waals surface area contributed by atoms with Crippen LogP contribution in [-0.4, -0.2) is 38.0 Å². The summed E-state index contributed by atoms with van der Waals surface area (Å²) in [6.07, 6.45) is 6.10. The van der Waals surface area contributed by atoms with Crippen LogP contribution in [0.15, 0.2) is 0 Å². The lowest BCUT2D eigenvalue weighted by Gasteiger charge is -2.33. The van der Waals surface area contributed by atoms with Crippen LogP contribution in [0.3, 0.4) is 0 Å². The molecule has 0 aromatic rings. The fraction of sp³-hybridized carbons (Fsp3) is 0.933. The molecule has 1 rings (SSSR count). The number of methoxy groups -OCH3 is 1.